The minimum Gasteiger partial charge on any atom is -0.454 e. The van der Waals surface area contributed by atoms with E-state index in [-0.39, 0.29) is 0 Å². The highest BCUT2D eigenvalue weighted by Crippen LogP contribution is 2.47. The molecule has 0 unspecified atom stereocenters. The van der Waals surface area contributed by atoms with E-state index in [0.29, 0.717) is 0 Å². The number of para-hydroxylation sites is 1. The summed E-state index contributed by atoms with van der Waals surface area (Å²) in [6, 6.07) is 79.3. The summed E-state index contributed by atoms with van der Waals surface area (Å²) in [4.78, 5) is 0. The zero-order valence-corrected chi connectivity index (χ0v) is 36.1. The van der Waals surface area contributed by atoms with Gasteiger partial charge in [0.2, 0.25) is 0 Å². The fraction of sp³-hybridized carbons (Fsp3) is 0.0323. The van der Waals surface area contributed by atoms with Gasteiger partial charge in [0, 0.05) is 37.9 Å². The zero-order valence-electron chi connectivity index (χ0n) is 36.1. The van der Waals surface area contributed by atoms with Crippen LogP contribution >= 0.6 is 0 Å². The van der Waals surface area contributed by atoms with Crippen molar-refractivity contribution in [1.29, 1.82) is 0 Å². The smallest absolute Gasteiger partial charge is 0.160 e. The molecule has 13 rings (SSSR count). The van der Waals surface area contributed by atoms with Crippen molar-refractivity contribution in [2.75, 3.05) is 0 Å². The third-order valence-electron chi connectivity index (χ3n) is 13.7. The van der Waals surface area contributed by atoms with Crippen LogP contribution in [0, 0.1) is 13.8 Å². The summed E-state index contributed by atoms with van der Waals surface area (Å²) in [6.07, 6.45) is 0. The average Bonchev–Trinajstić information content (AvgIpc) is 4.02. The van der Waals surface area contributed by atoms with Gasteiger partial charge in [-0.15, -0.1) is 0 Å². The standard InChI is InChI=1S/C62H42N2O/c1-39-59-49-25-15-16-26-58(49)65-62(59)61(64-56-33-29-47(43-21-11-5-12-22-43)37-52(56)53-38-48(30-34-57(53)64)44-23-13-6-14-24-44)40(2)60(39)63-54-31-27-45(41-17-7-3-8-18-41)35-50(54)51-36-46(28-32-55(51)63)42-19-9-4-10-20-42/h3-38H,1-2H3. The molecule has 0 atom stereocenters. The molecule has 3 aromatic heterocycles. The average molecular weight is 831 g/mol. The Morgan fingerprint density at radius 1 is 0.292 bits per heavy atom. The van der Waals surface area contributed by atoms with Crippen LogP contribution in [-0.2, 0) is 0 Å². The number of rotatable bonds is 6. The van der Waals surface area contributed by atoms with Gasteiger partial charge in [0.05, 0.1) is 33.4 Å². The molecule has 13 aromatic rings. The molecular weight excluding hydrogens is 789 g/mol. The molecule has 0 bridgehead atoms. The topological polar surface area (TPSA) is 23.0 Å². The maximum absolute atomic E-state index is 7.10. The van der Waals surface area contributed by atoms with Gasteiger partial charge in [0.15, 0.2) is 5.58 Å². The second-order valence-corrected chi connectivity index (χ2v) is 17.3. The summed E-state index contributed by atoms with van der Waals surface area (Å²) >= 11 is 0. The quantitative estimate of drug-likeness (QED) is 0.164. The predicted molar refractivity (Wildman–Crippen MR) is 274 cm³/mol. The number of fused-ring (bicyclic) bond motifs is 9. The first-order valence-corrected chi connectivity index (χ1v) is 22.4. The van der Waals surface area contributed by atoms with Crippen molar-refractivity contribution in [1.82, 2.24) is 9.13 Å². The normalized spacial score (nSPS) is 11.8. The molecule has 0 fully saturated rings. The third kappa shape index (κ3) is 5.76. The minimum absolute atomic E-state index is 0.879. The van der Waals surface area contributed by atoms with E-state index in [2.05, 4.69) is 241 Å². The number of furan rings is 1. The van der Waals surface area contributed by atoms with Gasteiger partial charge in [0.25, 0.3) is 0 Å². The van der Waals surface area contributed by atoms with Crippen molar-refractivity contribution in [3.63, 3.8) is 0 Å². The van der Waals surface area contributed by atoms with Gasteiger partial charge in [-0.3, -0.25) is 0 Å². The van der Waals surface area contributed by atoms with E-state index in [1.165, 1.54) is 71.6 Å². The fourth-order valence-corrected chi connectivity index (χ4v) is 10.6. The maximum atomic E-state index is 7.10. The summed E-state index contributed by atoms with van der Waals surface area (Å²) in [5, 5.41) is 7.07. The van der Waals surface area contributed by atoms with E-state index in [0.717, 1.165) is 60.9 Å². The van der Waals surface area contributed by atoms with Crippen molar-refractivity contribution in [2.24, 2.45) is 0 Å². The Bertz CT molecular complexity index is 3790. The molecule has 0 aliphatic rings. The Morgan fingerprint density at radius 3 is 1.02 bits per heavy atom. The summed E-state index contributed by atoms with van der Waals surface area (Å²) in [5.41, 5.74) is 20.5. The highest BCUT2D eigenvalue weighted by Gasteiger charge is 2.27. The number of nitrogens with zero attached hydrogens (tertiary/aromatic N) is 2. The Morgan fingerprint density at radius 2 is 0.631 bits per heavy atom. The molecule has 0 aliphatic carbocycles. The van der Waals surface area contributed by atoms with Crippen LogP contribution in [0.15, 0.2) is 223 Å². The van der Waals surface area contributed by atoms with Gasteiger partial charge in [-0.1, -0.05) is 164 Å². The van der Waals surface area contributed by atoms with E-state index < -0.39 is 0 Å². The lowest BCUT2D eigenvalue weighted by Gasteiger charge is -2.21. The second-order valence-electron chi connectivity index (χ2n) is 17.3. The summed E-state index contributed by atoms with van der Waals surface area (Å²) in [5.74, 6) is 0. The monoisotopic (exact) mass is 830 g/mol. The van der Waals surface area contributed by atoms with Gasteiger partial charge < -0.3 is 13.6 Å². The predicted octanol–water partition coefficient (Wildman–Crippen LogP) is 17.1. The molecule has 306 valence electrons. The van der Waals surface area contributed by atoms with Gasteiger partial charge in [-0.25, -0.2) is 0 Å². The number of aromatic nitrogens is 2. The van der Waals surface area contributed by atoms with Crippen molar-refractivity contribution in [3.8, 4) is 55.9 Å². The van der Waals surface area contributed by atoms with Crippen LogP contribution in [0.25, 0.3) is 121 Å². The largest absolute Gasteiger partial charge is 0.454 e. The van der Waals surface area contributed by atoms with Gasteiger partial charge in [-0.2, -0.15) is 0 Å². The molecular formula is C62H42N2O. The molecule has 0 amide bonds. The Hall–Kier alpha value is -8.40. The molecule has 10 aromatic carbocycles. The van der Waals surface area contributed by atoms with Crippen LogP contribution in [0.5, 0.6) is 0 Å². The SMILES string of the molecule is Cc1c(-n2c3ccc(-c4ccccc4)cc3c3cc(-c4ccccc4)ccc32)c(C)c2c(oc3ccccc32)c1-n1c2ccc(-c3ccccc3)cc2c2cc(-c3ccccc3)ccc21. The Labute approximate surface area is 376 Å². The molecule has 0 saturated heterocycles. The first-order chi connectivity index (χ1) is 32.1. The minimum atomic E-state index is 0.879. The van der Waals surface area contributed by atoms with Crippen molar-refractivity contribution in [3.05, 3.63) is 230 Å². The van der Waals surface area contributed by atoms with Crippen LogP contribution in [0.3, 0.4) is 0 Å². The number of benzene rings is 10. The lowest BCUT2D eigenvalue weighted by atomic mass is 9.98. The molecule has 3 heteroatoms. The van der Waals surface area contributed by atoms with Crippen LogP contribution in [0.2, 0.25) is 0 Å². The summed E-state index contributed by atoms with van der Waals surface area (Å²) < 4.78 is 12.1. The highest BCUT2D eigenvalue weighted by molar-refractivity contribution is 6.17. The summed E-state index contributed by atoms with van der Waals surface area (Å²) in [6.45, 7) is 4.59. The first kappa shape index (κ1) is 37.2. The number of aryl methyl sites for hydroxylation is 1. The zero-order chi connectivity index (χ0) is 43.2. The van der Waals surface area contributed by atoms with E-state index >= 15 is 0 Å². The molecule has 0 spiro atoms. The van der Waals surface area contributed by atoms with Crippen molar-refractivity contribution >= 4 is 65.6 Å². The van der Waals surface area contributed by atoms with Crippen LogP contribution in [0.1, 0.15) is 11.1 Å². The molecule has 0 aliphatic heterocycles. The Kier molecular flexibility index (Phi) is 8.34. The van der Waals surface area contributed by atoms with E-state index in [1.54, 1.807) is 0 Å². The van der Waals surface area contributed by atoms with Gasteiger partial charge >= 0.3 is 0 Å². The lowest BCUT2D eigenvalue weighted by molar-refractivity contribution is 0.665. The van der Waals surface area contributed by atoms with Crippen molar-refractivity contribution < 1.29 is 4.42 Å². The fourth-order valence-electron chi connectivity index (χ4n) is 10.6. The summed E-state index contributed by atoms with van der Waals surface area (Å²) in [7, 11) is 0. The van der Waals surface area contributed by atoms with E-state index in [9.17, 15) is 0 Å². The molecule has 3 nitrogen and oxygen atoms in total. The van der Waals surface area contributed by atoms with Crippen LogP contribution in [0.4, 0.5) is 0 Å². The van der Waals surface area contributed by atoms with Crippen molar-refractivity contribution in [2.45, 2.75) is 13.8 Å². The maximum Gasteiger partial charge on any atom is 0.160 e. The molecule has 65 heavy (non-hydrogen) atoms. The van der Waals surface area contributed by atoms with Crippen LogP contribution in [-0.4, -0.2) is 9.13 Å². The molecule has 0 N–H and O–H groups in total. The van der Waals surface area contributed by atoms with Gasteiger partial charge in [-0.05, 0) is 119 Å². The highest BCUT2D eigenvalue weighted by atomic mass is 16.3. The molecule has 3 heterocycles. The van der Waals surface area contributed by atoms with E-state index in [4.69, 9.17) is 4.42 Å². The third-order valence-corrected chi connectivity index (χ3v) is 13.7. The van der Waals surface area contributed by atoms with Gasteiger partial charge in [0.1, 0.15) is 5.58 Å². The lowest BCUT2D eigenvalue weighted by Crippen LogP contribution is -2.06. The van der Waals surface area contributed by atoms with E-state index in [1.807, 2.05) is 0 Å². The second kappa shape index (κ2) is 14.6. The Balaban J connectivity index is 1.16. The molecule has 0 radical (unpaired) electrons. The number of hydrogen-bond acceptors (Lipinski definition) is 1. The first-order valence-electron chi connectivity index (χ1n) is 22.4. The number of hydrogen-bond donors (Lipinski definition) is 0. The molecule has 0 saturated carbocycles. The van der Waals surface area contributed by atoms with Crippen LogP contribution < -0.4 is 0 Å².